The first kappa shape index (κ1) is 11.5. The molecular weight excluding hydrogens is 320 g/mol. The van der Waals surface area contributed by atoms with Gasteiger partial charge in [-0.1, -0.05) is 27.5 Å². The van der Waals surface area contributed by atoms with E-state index < -0.39 is 0 Å². The van der Waals surface area contributed by atoms with Crippen molar-refractivity contribution in [3.05, 3.63) is 32.7 Å². The molecule has 0 unspecified atom stereocenters. The predicted molar refractivity (Wildman–Crippen MR) is 76.6 cm³/mol. The largest absolute Gasteiger partial charge is 0.389 e. The highest BCUT2D eigenvalue weighted by Crippen LogP contribution is 2.46. The van der Waals surface area contributed by atoms with Crippen molar-refractivity contribution in [2.24, 2.45) is 0 Å². The van der Waals surface area contributed by atoms with Gasteiger partial charge in [0.2, 0.25) is 0 Å². The third-order valence-electron chi connectivity index (χ3n) is 2.78. The Kier molecular flexibility index (Phi) is 2.89. The Balaban J connectivity index is 2.10. The van der Waals surface area contributed by atoms with Crippen molar-refractivity contribution in [3.8, 4) is 11.3 Å². The van der Waals surface area contributed by atoms with E-state index in [1.807, 2.05) is 18.2 Å². The van der Waals surface area contributed by atoms with E-state index in [0.717, 1.165) is 25.7 Å². The van der Waals surface area contributed by atoms with E-state index in [2.05, 4.69) is 20.9 Å². The Morgan fingerprint density at radius 1 is 1.41 bits per heavy atom. The maximum absolute atomic E-state index is 6.20. The molecule has 0 amide bonds. The summed E-state index contributed by atoms with van der Waals surface area (Å²) in [7, 11) is 0. The minimum atomic E-state index is 0.627. The lowest BCUT2D eigenvalue weighted by Gasteiger charge is -2.02. The second-order valence-corrected chi connectivity index (χ2v) is 6.55. The normalized spacial score (nSPS) is 15.2. The maximum atomic E-state index is 6.20. The van der Waals surface area contributed by atoms with Crippen LogP contribution < -0.4 is 5.73 Å². The van der Waals surface area contributed by atoms with Crippen molar-refractivity contribution in [1.29, 1.82) is 0 Å². The SMILES string of the molecule is Nc1sc(C2CC2)nc1-c1cc(Br)ccc1Cl. The standard InChI is InChI=1S/C12H10BrClN2S/c13-7-3-4-9(14)8(5-7)10-11(15)17-12(16-10)6-1-2-6/h3-6H,1-2,15H2. The molecule has 0 radical (unpaired) electrons. The van der Waals surface area contributed by atoms with Crippen molar-refractivity contribution in [2.45, 2.75) is 18.8 Å². The minimum Gasteiger partial charge on any atom is -0.389 e. The third-order valence-corrected chi connectivity index (χ3v) is 4.65. The topological polar surface area (TPSA) is 38.9 Å². The summed E-state index contributed by atoms with van der Waals surface area (Å²) in [5, 5.41) is 2.59. The highest BCUT2D eigenvalue weighted by Gasteiger charge is 2.28. The van der Waals surface area contributed by atoms with Gasteiger partial charge in [-0.25, -0.2) is 4.98 Å². The lowest BCUT2D eigenvalue weighted by atomic mass is 10.1. The van der Waals surface area contributed by atoms with Gasteiger partial charge in [-0.15, -0.1) is 11.3 Å². The summed E-state index contributed by atoms with van der Waals surface area (Å²) >= 11 is 11.2. The maximum Gasteiger partial charge on any atom is 0.114 e. The van der Waals surface area contributed by atoms with Crippen LogP contribution in [0.3, 0.4) is 0 Å². The lowest BCUT2D eigenvalue weighted by molar-refractivity contribution is 1.09. The van der Waals surface area contributed by atoms with Crippen LogP contribution in [-0.2, 0) is 0 Å². The van der Waals surface area contributed by atoms with Gasteiger partial charge >= 0.3 is 0 Å². The highest BCUT2D eigenvalue weighted by atomic mass is 79.9. The zero-order valence-corrected chi connectivity index (χ0v) is 12.1. The molecule has 1 saturated carbocycles. The van der Waals surface area contributed by atoms with Crippen molar-refractivity contribution in [3.63, 3.8) is 0 Å². The molecule has 1 aliphatic carbocycles. The Labute approximate surface area is 117 Å². The number of nitrogens with zero attached hydrogens (tertiary/aromatic N) is 1. The lowest BCUT2D eigenvalue weighted by Crippen LogP contribution is -1.87. The molecular formula is C12H10BrClN2S. The summed E-state index contributed by atoms with van der Waals surface area (Å²) in [5.41, 5.74) is 7.77. The molecule has 3 rings (SSSR count). The summed E-state index contributed by atoms with van der Waals surface area (Å²) in [5.74, 6) is 0.627. The van der Waals surface area contributed by atoms with E-state index in [0.29, 0.717) is 10.9 Å². The minimum absolute atomic E-state index is 0.627. The van der Waals surface area contributed by atoms with Crippen molar-refractivity contribution < 1.29 is 0 Å². The summed E-state index contributed by atoms with van der Waals surface area (Å²) in [6, 6.07) is 5.73. The van der Waals surface area contributed by atoms with E-state index >= 15 is 0 Å². The van der Waals surface area contributed by atoms with Gasteiger partial charge in [-0.05, 0) is 31.0 Å². The van der Waals surface area contributed by atoms with Crippen LogP contribution in [0, 0.1) is 0 Å². The van der Waals surface area contributed by atoms with Gasteiger partial charge in [0.1, 0.15) is 10.7 Å². The third kappa shape index (κ3) is 2.21. The Morgan fingerprint density at radius 3 is 2.88 bits per heavy atom. The monoisotopic (exact) mass is 328 g/mol. The van der Waals surface area contributed by atoms with Crippen LogP contribution in [0.25, 0.3) is 11.3 Å². The Bertz CT molecular complexity index is 578. The van der Waals surface area contributed by atoms with Gasteiger partial charge in [0.05, 0.1) is 10.0 Å². The fourth-order valence-corrected chi connectivity index (χ4v) is 3.31. The molecule has 1 fully saturated rings. The molecule has 1 aliphatic rings. The fraction of sp³-hybridized carbons (Fsp3) is 0.250. The van der Waals surface area contributed by atoms with Gasteiger partial charge < -0.3 is 5.73 Å². The van der Waals surface area contributed by atoms with Crippen molar-refractivity contribution in [1.82, 2.24) is 4.98 Å². The molecule has 2 aromatic rings. The molecule has 0 atom stereocenters. The van der Waals surface area contributed by atoms with E-state index in [4.69, 9.17) is 17.3 Å². The van der Waals surface area contributed by atoms with E-state index in [1.165, 1.54) is 12.8 Å². The molecule has 0 spiro atoms. The zero-order chi connectivity index (χ0) is 12.0. The van der Waals surface area contributed by atoms with Gasteiger partial charge in [0.15, 0.2) is 0 Å². The smallest absolute Gasteiger partial charge is 0.114 e. The molecule has 2 nitrogen and oxygen atoms in total. The molecule has 0 saturated heterocycles. The van der Waals surface area contributed by atoms with Crippen LogP contribution in [0.2, 0.25) is 5.02 Å². The van der Waals surface area contributed by atoms with E-state index in [1.54, 1.807) is 11.3 Å². The van der Waals surface area contributed by atoms with Crippen LogP contribution in [0.5, 0.6) is 0 Å². The van der Waals surface area contributed by atoms with E-state index in [-0.39, 0.29) is 0 Å². The number of nitrogens with two attached hydrogens (primary N) is 1. The van der Waals surface area contributed by atoms with Gasteiger partial charge in [0.25, 0.3) is 0 Å². The average molecular weight is 330 g/mol. The van der Waals surface area contributed by atoms with Gasteiger partial charge in [0, 0.05) is 16.0 Å². The van der Waals surface area contributed by atoms with Crippen LogP contribution >= 0.6 is 38.9 Å². The predicted octanol–water partition coefficient (Wildman–Crippen LogP) is 4.69. The molecule has 5 heteroatoms. The molecule has 17 heavy (non-hydrogen) atoms. The van der Waals surface area contributed by atoms with Crippen LogP contribution in [0.15, 0.2) is 22.7 Å². The summed E-state index contributed by atoms with van der Waals surface area (Å²) in [4.78, 5) is 4.63. The fourth-order valence-electron chi connectivity index (χ4n) is 1.73. The molecule has 1 heterocycles. The number of halogens is 2. The molecule has 2 N–H and O–H groups in total. The first-order valence-corrected chi connectivity index (χ1v) is 7.35. The van der Waals surface area contributed by atoms with Crippen LogP contribution in [0.4, 0.5) is 5.00 Å². The molecule has 1 aromatic carbocycles. The Morgan fingerprint density at radius 2 is 2.18 bits per heavy atom. The van der Waals surface area contributed by atoms with Gasteiger partial charge in [-0.2, -0.15) is 0 Å². The number of hydrogen-bond acceptors (Lipinski definition) is 3. The van der Waals surface area contributed by atoms with E-state index in [9.17, 15) is 0 Å². The number of hydrogen-bond donors (Lipinski definition) is 1. The summed E-state index contributed by atoms with van der Waals surface area (Å²) in [6.45, 7) is 0. The molecule has 0 aliphatic heterocycles. The Hall–Kier alpha value is -0.580. The number of thiazole rings is 1. The van der Waals surface area contributed by atoms with Crippen molar-refractivity contribution in [2.75, 3.05) is 5.73 Å². The molecule has 0 bridgehead atoms. The number of benzene rings is 1. The summed E-state index contributed by atoms with van der Waals surface area (Å²) in [6.07, 6.45) is 2.47. The molecule has 1 aromatic heterocycles. The number of rotatable bonds is 2. The zero-order valence-electron chi connectivity index (χ0n) is 8.91. The summed E-state index contributed by atoms with van der Waals surface area (Å²) < 4.78 is 0.984. The first-order valence-electron chi connectivity index (χ1n) is 5.37. The van der Waals surface area contributed by atoms with Crippen LogP contribution in [-0.4, -0.2) is 4.98 Å². The molecule has 88 valence electrons. The average Bonchev–Trinajstić information content (AvgIpc) is 3.07. The number of anilines is 1. The second-order valence-electron chi connectivity index (χ2n) is 4.16. The van der Waals surface area contributed by atoms with Crippen molar-refractivity contribution >= 4 is 43.9 Å². The first-order chi connectivity index (χ1) is 8.15. The number of nitrogen functional groups attached to an aromatic ring is 1. The highest BCUT2D eigenvalue weighted by molar-refractivity contribution is 9.10. The van der Waals surface area contributed by atoms with Gasteiger partial charge in [-0.3, -0.25) is 0 Å². The second kappa shape index (κ2) is 4.26. The van der Waals surface area contributed by atoms with Crippen LogP contribution in [0.1, 0.15) is 23.8 Å². The number of aromatic nitrogens is 1. The quantitative estimate of drug-likeness (QED) is 0.868.